The largest absolute Gasteiger partial charge is 0.0992 e. The smallest absolute Gasteiger partial charge is 0.0190 e. The van der Waals surface area contributed by atoms with Crippen LogP contribution in [-0.2, 0) is 0 Å². The van der Waals surface area contributed by atoms with Gasteiger partial charge in [0.2, 0.25) is 0 Å². The molecule has 2 rings (SSSR count). The van der Waals surface area contributed by atoms with Gasteiger partial charge in [-0.1, -0.05) is 54.7 Å². The van der Waals surface area contributed by atoms with Gasteiger partial charge in [0.15, 0.2) is 0 Å². The number of rotatable bonds is 4. The second-order valence-corrected chi connectivity index (χ2v) is 5.76. The molecule has 0 aliphatic heterocycles. The van der Waals surface area contributed by atoms with E-state index < -0.39 is 0 Å². The van der Waals surface area contributed by atoms with Crippen LogP contribution in [0.2, 0.25) is 0 Å². The van der Waals surface area contributed by atoms with Crippen molar-refractivity contribution in [2.45, 2.75) is 45.4 Å². The van der Waals surface area contributed by atoms with Crippen molar-refractivity contribution in [2.24, 2.45) is 11.8 Å². The van der Waals surface area contributed by atoms with Gasteiger partial charge < -0.3 is 0 Å². The summed E-state index contributed by atoms with van der Waals surface area (Å²) in [5.41, 5.74) is 2.80. The van der Waals surface area contributed by atoms with Gasteiger partial charge in [-0.05, 0) is 38.2 Å². The summed E-state index contributed by atoms with van der Waals surface area (Å²) in [6.07, 6.45) is 12.0. The Morgan fingerprint density at radius 2 is 2.19 bits per heavy atom. The Bertz CT molecular complexity index is 331. The first kappa shape index (κ1) is 12.0. The molecule has 0 nitrogen and oxygen atoms in total. The van der Waals surface area contributed by atoms with Gasteiger partial charge in [-0.25, -0.2) is 0 Å². The van der Waals surface area contributed by atoms with Crippen molar-refractivity contribution in [3.63, 3.8) is 0 Å². The van der Waals surface area contributed by atoms with E-state index in [1.54, 1.807) is 0 Å². The van der Waals surface area contributed by atoms with E-state index in [0.29, 0.717) is 5.92 Å². The topological polar surface area (TPSA) is 0 Å². The SMILES string of the molecule is C=C(CCC1CCC1)C1CC(Cl)=CC=C1C. The second-order valence-electron chi connectivity index (χ2n) is 5.27. The molecule has 88 valence electrons. The maximum Gasteiger partial charge on any atom is 0.0190 e. The van der Waals surface area contributed by atoms with Crippen LogP contribution in [0, 0.1) is 11.8 Å². The third-order valence-electron chi connectivity index (χ3n) is 4.07. The molecule has 0 spiro atoms. The molecule has 2 aliphatic rings. The van der Waals surface area contributed by atoms with Crippen LogP contribution in [-0.4, -0.2) is 0 Å². The van der Waals surface area contributed by atoms with Crippen molar-refractivity contribution in [1.82, 2.24) is 0 Å². The number of halogens is 1. The van der Waals surface area contributed by atoms with E-state index in [-0.39, 0.29) is 0 Å². The molecule has 16 heavy (non-hydrogen) atoms. The Balaban J connectivity index is 1.84. The van der Waals surface area contributed by atoms with E-state index in [0.717, 1.165) is 17.4 Å². The summed E-state index contributed by atoms with van der Waals surface area (Å²) in [6.45, 7) is 6.46. The maximum atomic E-state index is 6.10. The molecule has 0 saturated heterocycles. The minimum Gasteiger partial charge on any atom is -0.0992 e. The van der Waals surface area contributed by atoms with Crippen LogP contribution in [0.5, 0.6) is 0 Å². The van der Waals surface area contributed by atoms with Crippen LogP contribution in [0.1, 0.15) is 45.4 Å². The highest BCUT2D eigenvalue weighted by Gasteiger charge is 2.21. The number of allylic oxidation sites excluding steroid dienone is 5. The Hall–Kier alpha value is -0.490. The quantitative estimate of drug-likeness (QED) is 0.588. The molecule has 2 aliphatic carbocycles. The highest BCUT2D eigenvalue weighted by atomic mass is 35.5. The van der Waals surface area contributed by atoms with Crippen LogP contribution >= 0.6 is 11.6 Å². The minimum absolute atomic E-state index is 0.498. The van der Waals surface area contributed by atoms with E-state index in [2.05, 4.69) is 19.6 Å². The standard InChI is InChI=1S/C15H21Cl/c1-11(6-8-13-4-3-5-13)15-10-14(16)9-7-12(15)2/h7,9,13,15H,1,3-6,8,10H2,2H3. The number of hydrogen-bond donors (Lipinski definition) is 0. The van der Waals surface area contributed by atoms with E-state index in [1.165, 1.54) is 43.3 Å². The van der Waals surface area contributed by atoms with Crippen molar-refractivity contribution in [3.05, 3.63) is 34.9 Å². The molecule has 1 fully saturated rings. The maximum absolute atomic E-state index is 6.10. The summed E-state index contributed by atoms with van der Waals surface area (Å²) in [6, 6.07) is 0. The lowest BCUT2D eigenvalue weighted by atomic mass is 9.78. The Morgan fingerprint density at radius 3 is 2.81 bits per heavy atom. The van der Waals surface area contributed by atoms with Crippen LogP contribution in [0.3, 0.4) is 0 Å². The lowest BCUT2D eigenvalue weighted by Crippen LogP contribution is -2.13. The van der Waals surface area contributed by atoms with Gasteiger partial charge in [-0.3, -0.25) is 0 Å². The molecule has 1 unspecified atom stereocenters. The highest BCUT2D eigenvalue weighted by molar-refractivity contribution is 6.29. The summed E-state index contributed by atoms with van der Waals surface area (Å²) in [5, 5.41) is 0.973. The molecular formula is C15H21Cl. The van der Waals surface area contributed by atoms with Gasteiger partial charge in [0.25, 0.3) is 0 Å². The fourth-order valence-electron chi connectivity index (χ4n) is 2.57. The zero-order chi connectivity index (χ0) is 11.5. The Labute approximate surface area is 104 Å². The average molecular weight is 237 g/mol. The molecule has 0 heterocycles. The van der Waals surface area contributed by atoms with Gasteiger partial charge in [0, 0.05) is 11.0 Å². The summed E-state index contributed by atoms with van der Waals surface area (Å²) in [4.78, 5) is 0. The van der Waals surface area contributed by atoms with Crippen molar-refractivity contribution in [3.8, 4) is 0 Å². The minimum atomic E-state index is 0.498. The third-order valence-corrected chi connectivity index (χ3v) is 4.35. The van der Waals surface area contributed by atoms with E-state index in [1.807, 2.05) is 6.08 Å². The van der Waals surface area contributed by atoms with Crippen LogP contribution < -0.4 is 0 Å². The normalized spacial score (nSPS) is 25.8. The molecular weight excluding hydrogens is 216 g/mol. The first-order valence-electron chi connectivity index (χ1n) is 6.37. The molecule has 0 amide bonds. The van der Waals surface area contributed by atoms with Gasteiger partial charge in [0.05, 0.1) is 0 Å². The van der Waals surface area contributed by atoms with Crippen LogP contribution in [0.4, 0.5) is 0 Å². The first-order valence-corrected chi connectivity index (χ1v) is 6.75. The molecule has 1 saturated carbocycles. The summed E-state index contributed by atoms with van der Waals surface area (Å²) < 4.78 is 0. The molecule has 0 N–H and O–H groups in total. The van der Waals surface area contributed by atoms with Crippen LogP contribution in [0.15, 0.2) is 34.9 Å². The summed E-state index contributed by atoms with van der Waals surface area (Å²) >= 11 is 6.10. The molecule has 0 radical (unpaired) electrons. The molecule has 0 aromatic rings. The molecule has 0 bridgehead atoms. The fraction of sp³-hybridized carbons (Fsp3) is 0.600. The lowest BCUT2D eigenvalue weighted by Gasteiger charge is -2.28. The van der Waals surface area contributed by atoms with E-state index in [4.69, 9.17) is 11.6 Å². The zero-order valence-corrected chi connectivity index (χ0v) is 10.9. The monoisotopic (exact) mass is 236 g/mol. The summed E-state index contributed by atoms with van der Waals surface area (Å²) in [7, 11) is 0. The van der Waals surface area contributed by atoms with Crippen molar-refractivity contribution in [1.29, 1.82) is 0 Å². The molecule has 0 aromatic heterocycles. The van der Waals surface area contributed by atoms with E-state index >= 15 is 0 Å². The van der Waals surface area contributed by atoms with Crippen molar-refractivity contribution in [2.75, 3.05) is 0 Å². The van der Waals surface area contributed by atoms with Gasteiger partial charge in [0.1, 0.15) is 0 Å². The van der Waals surface area contributed by atoms with Gasteiger partial charge in [-0.15, -0.1) is 0 Å². The fourth-order valence-corrected chi connectivity index (χ4v) is 2.79. The predicted octanol–water partition coefficient (Wildman–Crippen LogP) is 5.21. The Morgan fingerprint density at radius 1 is 1.44 bits per heavy atom. The van der Waals surface area contributed by atoms with Crippen LogP contribution in [0.25, 0.3) is 0 Å². The summed E-state index contributed by atoms with van der Waals surface area (Å²) in [5.74, 6) is 1.48. The van der Waals surface area contributed by atoms with Gasteiger partial charge in [-0.2, -0.15) is 0 Å². The molecule has 1 heteroatoms. The first-order chi connectivity index (χ1) is 7.66. The molecule has 1 atom stereocenters. The highest BCUT2D eigenvalue weighted by Crippen LogP contribution is 2.37. The average Bonchev–Trinajstić information content (AvgIpc) is 2.19. The lowest BCUT2D eigenvalue weighted by molar-refractivity contribution is 0.294. The number of hydrogen-bond acceptors (Lipinski definition) is 0. The van der Waals surface area contributed by atoms with Crippen molar-refractivity contribution >= 4 is 11.6 Å². The molecule has 0 aromatic carbocycles. The predicted molar refractivity (Wildman–Crippen MR) is 71.5 cm³/mol. The second kappa shape index (κ2) is 5.23. The zero-order valence-electron chi connectivity index (χ0n) is 10.1. The van der Waals surface area contributed by atoms with Gasteiger partial charge >= 0.3 is 0 Å². The third kappa shape index (κ3) is 2.79. The van der Waals surface area contributed by atoms with E-state index in [9.17, 15) is 0 Å². The Kier molecular flexibility index (Phi) is 3.91. The van der Waals surface area contributed by atoms with Crippen molar-refractivity contribution < 1.29 is 0 Å².